The number of anilines is 2. The summed E-state index contributed by atoms with van der Waals surface area (Å²) in [5, 5.41) is 1.93. The average molecular weight is 212 g/mol. The van der Waals surface area contributed by atoms with Gasteiger partial charge in [-0.2, -0.15) is 0 Å². The van der Waals surface area contributed by atoms with Crippen molar-refractivity contribution in [2.24, 2.45) is 0 Å². The van der Waals surface area contributed by atoms with Gasteiger partial charge in [0.1, 0.15) is 5.58 Å². The summed E-state index contributed by atoms with van der Waals surface area (Å²) in [7, 11) is 0. The number of rotatable bonds is 0. The maximum atomic E-state index is 6.02. The molecule has 0 atom stereocenters. The Kier molecular flexibility index (Phi) is 1.66. The normalized spacial score (nSPS) is 11.3. The summed E-state index contributed by atoms with van der Waals surface area (Å²) in [6, 6.07) is 9.70. The van der Waals surface area contributed by atoms with Crippen molar-refractivity contribution in [1.29, 1.82) is 0 Å². The van der Waals surface area contributed by atoms with E-state index >= 15 is 0 Å². The van der Waals surface area contributed by atoms with E-state index in [0.717, 1.165) is 21.9 Å². The zero-order chi connectivity index (χ0) is 11.3. The van der Waals surface area contributed by atoms with Crippen molar-refractivity contribution in [3.05, 3.63) is 35.9 Å². The van der Waals surface area contributed by atoms with E-state index in [2.05, 4.69) is 0 Å². The second kappa shape index (κ2) is 2.92. The molecule has 3 heteroatoms. The minimum absolute atomic E-state index is 0.667. The second-order valence-corrected chi connectivity index (χ2v) is 4.00. The molecule has 0 saturated carbocycles. The summed E-state index contributed by atoms with van der Waals surface area (Å²) in [6.45, 7) is 1.93. The van der Waals surface area contributed by atoms with Crippen LogP contribution in [-0.2, 0) is 0 Å². The third-order valence-electron chi connectivity index (χ3n) is 2.93. The highest BCUT2D eigenvalue weighted by Gasteiger charge is 2.13. The SMILES string of the molecule is Cc1cc(N)c2c(oc3ccccc32)c1N. The lowest BCUT2D eigenvalue weighted by Gasteiger charge is -2.03. The van der Waals surface area contributed by atoms with Gasteiger partial charge in [-0.05, 0) is 24.6 Å². The first-order chi connectivity index (χ1) is 7.68. The molecule has 3 rings (SSSR count). The van der Waals surface area contributed by atoms with E-state index in [1.807, 2.05) is 37.3 Å². The standard InChI is InChI=1S/C13H12N2O/c1-7-6-9(14)11-8-4-2-3-5-10(8)16-13(11)12(7)15/h2-6H,14-15H2,1H3. The van der Waals surface area contributed by atoms with Gasteiger partial charge in [0.25, 0.3) is 0 Å². The summed E-state index contributed by atoms with van der Waals surface area (Å²) in [4.78, 5) is 0. The lowest BCUT2D eigenvalue weighted by Crippen LogP contribution is -1.93. The topological polar surface area (TPSA) is 65.2 Å². The van der Waals surface area contributed by atoms with E-state index in [9.17, 15) is 0 Å². The summed E-state index contributed by atoms with van der Waals surface area (Å²) < 4.78 is 5.74. The number of para-hydroxylation sites is 1. The molecule has 3 aromatic rings. The fraction of sp³-hybridized carbons (Fsp3) is 0.0769. The Hall–Kier alpha value is -2.16. The van der Waals surface area contributed by atoms with Crippen LogP contribution in [0.25, 0.3) is 21.9 Å². The van der Waals surface area contributed by atoms with Crippen LogP contribution in [0.1, 0.15) is 5.56 Å². The Morgan fingerprint density at radius 1 is 1.12 bits per heavy atom. The van der Waals surface area contributed by atoms with E-state index in [0.29, 0.717) is 17.0 Å². The molecule has 0 fully saturated rings. The molecule has 0 spiro atoms. The number of benzene rings is 2. The maximum Gasteiger partial charge on any atom is 0.160 e. The fourth-order valence-corrected chi connectivity index (χ4v) is 2.08. The van der Waals surface area contributed by atoms with Crippen molar-refractivity contribution in [3.8, 4) is 0 Å². The molecule has 16 heavy (non-hydrogen) atoms. The van der Waals surface area contributed by atoms with Crippen molar-refractivity contribution >= 4 is 33.3 Å². The predicted molar refractivity (Wildman–Crippen MR) is 67.3 cm³/mol. The molecule has 0 aliphatic carbocycles. The van der Waals surface area contributed by atoms with Gasteiger partial charge in [0.05, 0.1) is 11.1 Å². The zero-order valence-corrected chi connectivity index (χ0v) is 8.95. The predicted octanol–water partition coefficient (Wildman–Crippen LogP) is 3.06. The Labute approximate surface area is 92.6 Å². The molecular formula is C13H12N2O. The highest BCUT2D eigenvalue weighted by atomic mass is 16.3. The van der Waals surface area contributed by atoms with Crippen molar-refractivity contribution < 1.29 is 4.42 Å². The summed E-state index contributed by atoms with van der Waals surface area (Å²) in [5.41, 5.74) is 15.9. The quantitative estimate of drug-likeness (QED) is 0.563. The number of fused-ring (bicyclic) bond motifs is 3. The number of aryl methyl sites for hydroxylation is 1. The van der Waals surface area contributed by atoms with Crippen LogP contribution in [0.4, 0.5) is 11.4 Å². The van der Waals surface area contributed by atoms with Crippen LogP contribution >= 0.6 is 0 Å². The zero-order valence-electron chi connectivity index (χ0n) is 8.95. The van der Waals surface area contributed by atoms with Gasteiger partial charge < -0.3 is 15.9 Å². The lowest BCUT2D eigenvalue weighted by molar-refractivity contribution is 0.670. The summed E-state index contributed by atoms with van der Waals surface area (Å²) in [5.74, 6) is 0. The monoisotopic (exact) mass is 212 g/mol. The molecule has 80 valence electrons. The Morgan fingerprint density at radius 2 is 1.88 bits per heavy atom. The van der Waals surface area contributed by atoms with Crippen molar-refractivity contribution in [2.75, 3.05) is 11.5 Å². The molecule has 2 aromatic carbocycles. The number of nitrogens with two attached hydrogens (primary N) is 2. The van der Waals surface area contributed by atoms with E-state index in [1.165, 1.54) is 0 Å². The van der Waals surface area contributed by atoms with Gasteiger partial charge in [-0.25, -0.2) is 0 Å². The highest BCUT2D eigenvalue weighted by Crippen LogP contribution is 2.37. The Balaban J connectivity index is 2.64. The highest BCUT2D eigenvalue weighted by molar-refractivity contribution is 6.14. The third kappa shape index (κ3) is 1.03. The van der Waals surface area contributed by atoms with E-state index in [4.69, 9.17) is 15.9 Å². The molecule has 0 radical (unpaired) electrons. The Bertz CT molecular complexity index is 698. The molecule has 1 aromatic heterocycles. The van der Waals surface area contributed by atoms with Crippen LogP contribution in [0.5, 0.6) is 0 Å². The fourth-order valence-electron chi connectivity index (χ4n) is 2.08. The van der Waals surface area contributed by atoms with Crippen LogP contribution in [-0.4, -0.2) is 0 Å². The largest absolute Gasteiger partial charge is 0.454 e. The van der Waals surface area contributed by atoms with Crippen molar-refractivity contribution in [2.45, 2.75) is 6.92 Å². The first-order valence-corrected chi connectivity index (χ1v) is 5.14. The van der Waals surface area contributed by atoms with E-state index in [-0.39, 0.29) is 0 Å². The van der Waals surface area contributed by atoms with Crippen LogP contribution in [0, 0.1) is 6.92 Å². The van der Waals surface area contributed by atoms with Gasteiger partial charge >= 0.3 is 0 Å². The molecule has 0 saturated heterocycles. The van der Waals surface area contributed by atoms with E-state index < -0.39 is 0 Å². The van der Waals surface area contributed by atoms with Gasteiger partial charge in [0.2, 0.25) is 0 Å². The van der Waals surface area contributed by atoms with Gasteiger partial charge in [0.15, 0.2) is 5.58 Å². The van der Waals surface area contributed by atoms with Crippen LogP contribution in [0.3, 0.4) is 0 Å². The number of furan rings is 1. The molecule has 4 N–H and O–H groups in total. The van der Waals surface area contributed by atoms with Gasteiger partial charge in [-0.3, -0.25) is 0 Å². The van der Waals surface area contributed by atoms with E-state index in [1.54, 1.807) is 0 Å². The molecule has 1 heterocycles. The molecule has 0 amide bonds. The first-order valence-electron chi connectivity index (χ1n) is 5.14. The summed E-state index contributed by atoms with van der Waals surface area (Å²) in [6.07, 6.45) is 0. The molecule has 0 bridgehead atoms. The molecule has 0 aliphatic heterocycles. The number of nitrogen functional groups attached to an aromatic ring is 2. The first kappa shape index (κ1) is 9.09. The minimum atomic E-state index is 0.667. The van der Waals surface area contributed by atoms with Gasteiger partial charge in [-0.1, -0.05) is 18.2 Å². The minimum Gasteiger partial charge on any atom is -0.454 e. The third-order valence-corrected chi connectivity index (χ3v) is 2.93. The average Bonchev–Trinajstić information content (AvgIpc) is 2.65. The van der Waals surface area contributed by atoms with Crippen molar-refractivity contribution in [1.82, 2.24) is 0 Å². The van der Waals surface area contributed by atoms with Crippen molar-refractivity contribution in [3.63, 3.8) is 0 Å². The van der Waals surface area contributed by atoms with Gasteiger partial charge in [-0.15, -0.1) is 0 Å². The molecule has 3 nitrogen and oxygen atoms in total. The second-order valence-electron chi connectivity index (χ2n) is 4.00. The molecular weight excluding hydrogens is 200 g/mol. The van der Waals surface area contributed by atoms with Crippen LogP contribution in [0.2, 0.25) is 0 Å². The lowest BCUT2D eigenvalue weighted by atomic mass is 10.1. The Morgan fingerprint density at radius 3 is 2.69 bits per heavy atom. The molecule has 0 unspecified atom stereocenters. The van der Waals surface area contributed by atoms with Gasteiger partial charge in [0, 0.05) is 11.1 Å². The number of hydrogen-bond acceptors (Lipinski definition) is 3. The van der Waals surface area contributed by atoms with Crippen LogP contribution in [0.15, 0.2) is 34.7 Å². The smallest absolute Gasteiger partial charge is 0.160 e. The summed E-state index contributed by atoms with van der Waals surface area (Å²) >= 11 is 0. The molecule has 0 aliphatic rings. The maximum absolute atomic E-state index is 6.02. The van der Waals surface area contributed by atoms with Crippen LogP contribution < -0.4 is 11.5 Å². The number of hydrogen-bond donors (Lipinski definition) is 2.